The minimum Gasteiger partial charge on any atom is -0.464 e. The van der Waals surface area contributed by atoms with Gasteiger partial charge in [0, 0.05) is 22.8 Å². The molecule has 0 radical (unpaired) electrons. The van der Waals surface area contributed by atoms with Crippen LogP contribution in [0, 0.1) is 5.82 Å². The van der Waals surface area contributed by atoms with Crippen LogP contribution in [0.25, 0.3) is 0 Å². The summed E-state index contributed by atoms with van der Waals surface area (Å²) in [6.45, 7) is 0.491. The van der Waals surface area contributed by atoms with Crippen LogP contribution in [0.4, 0.5) is 15.0 Å². The molecule has 0 aliphatic carbocycles. The van der Waals surface area contributed by atoms with E-state index in [1.807, 2.05) is 0 Å². The van der Waals surface area contributed by atoms with E-state index in [1.165, 1.54) is 24.4 Å². The van der Waals surface area contributed by atoms with E-state index in [4.69, 9.17) is 0 Å². The lowest BCUT2D eigenvalue weighted by Crippen LogP contribution is -2.27. The summed E-state index contributed by atoms with van der Waals surface area (Å²) in [6.07, 6.45) is 2.63. The van der Waals surface area contributed by atoms with Gasteiger partial charge >= 0.3 is 6.09 Å². The third kappa shape index (κ3) is 2.79. The van der Waals surface area contributed by atoms with Crippen LogP contribution in [0.5, 0.6) is 0 Å². The number of carboxylic acid groups (broad SMARTS) is 1. The molecule has 0 amide bonds. The maximum atomic E-state index is 13.4. The molecule has 2 aromatic rings. The Morgan fingerprint density at radius 2 is 2.04 bits per heavy atom. The Bertz CT molecular complexity index is 828. The van der Waals surface area contributed by atoms with Crippen molar-refractivity contribution in [1.82, 2.24) is 4.57 Å². The number of anilines is 1. The normalized spacial score (nSPS) is 14.0. The molecule has 23 heavy (non-hydrogen) atoms. The number of carbonyl (C=O) groups excluding carboxylic acids is 1. The van der Waals surface area contributed by atoms with E-state index in [2.05, 4.69) is 15.9 Å². The summed E-state index contributed by atoms with van der Waals surface area (Å²) < 4.78 is 15.0. The Morgan fingerprint density at radius 1 is 1.26 bits per heavy atom. The summed E-state index contributed by atoms with van der Waals surface area (Å²) >= 11 is 3.25. The molecule has 0 saturated carbocycles. The van der Waals surface area contributed by atoms with Gasteiger partial charge in [-0.15, -0.1) is 0 Å². The first-order chi connectivity index (χ1) is 11.0. The number of aromatic nitrogens is 1. The molecule has 1 aromatic heterocycles. The van der Waals surface area contributed by atoms with Crippen LogP contribution in [-0.4, -0.2) is 28.1 Å². The standard InChI is InChI=1S/C16H12BrFN2O3/c17-12-6-5-10(18)9-11(12)15(21)13-3-1-7-19(13)14-4-2-8-20(14)16(22)23/h2-6,8-9H,1,7H2,(H,22,23). The van der Waals surface area contributed by atoms with E-state index in [-0.39, 0.29) is 11.3 Å². The fourth-order valence-electron chi connectivity index (χ4n) is 2.58. The maximum Gasteiger partial charge on any atom is 0.417 e. The van der Waals surface area contributed by atoms with Gasteiger partial charge < -0.3 is 10.0 Å². The zero-order valence-electron chi connectivity index (χ0n) is 11.9. The summed E-state index contributed by atoms with van der Waals surface area (Å²) in [5.41, 5.74) is 0.550. The van der Waals surface area contributed by atoms with Crippen LogP contribution < -0.4 is 4.90 Å². The van der Waals surface area contributed by atoms with Crippen LogP contribution in [0.2, 0.25) is 0 Å². The molecule has 1 aliphatic heterocycles. The molecule has 1 aromatic carbocycles. The van der Waals surface area contributed by atoms with Gasteiger partial charge in [0.15, 0.2) is 0 Å². The fraction of sp³-hybridized carbons (Fsp3) is 0.125. The maximum absolute atomic E-state index is 13.4. The molecular weight excluding hydrogens is 367 g/mol. The van der Waals surface area contributed by atoms with Crippen LogP contribution in [0.15, 0.2) is 52.8 Å². The summed E-state index contributed by atoms with van der Waals surface area (Å²) in [6, 6.07) is 7.13. The number of halogens is 2. The topological polar surface area (TPSA) is 62.5 Å². The number of Topliss-reactive ketones (excluding diaryl/α,β-unsaturated/α-hetero) is 1. The minimum absolute atomic E-state index is 0.205. The molecule has 0 bridgehead atoms. The predicted molar refractivity (Wildman–Crippen MR) is 86.3 cm³/mol. The van der Waals surface area contributed by atoms with Crippen molar-refractivity contribution in [3.05, 3.63) is 64.2 Å². The van der Waals surface area contributed by atoms with Crippen LogP contribution in [0.1, 0.15) is 16.8 Å². The third-order valence-electron chi connectivity index (χ3n) is 3.60. The quantitative estimate of drug-likeness (QED) is 0.822. The Morgan fingerprint density at radius 3 is 2.78 bits per heavy atom. The third-order valence-corrected chi connectivity index (χ3v) is 4.29. The van der Waals surface area contributed by atoms with Crippen LogP contribution >= 0.6 is 15.9 Å². The molecule has 7 heteroatoms. The van der Waals surface area contributed by atoms with E-state index in [9.17, 15) is 19.1 Å². The van der Waals surface area contributed by atoms with E-state index in [0.29, 0.717) is 29.0 Å². The number of nitrogens with zero attached hydrogens (tertiary/aromatic N) is 2. The second kappa shape index (κ2) is 6.00. The number of hydrogen-bond donors (Lipinski definition) is 1. The van der Waals surface area contributed by atoms with E-state index >= 15 is 0 Å². The molecule has 5 nitrogen and oxygen atoms in total. The Labute approximate surface area is 139 Å². The van der Waals surface area contributed by atoms with E-state index in [0.717, 1.165) is 4.57 Å². The van der Waals surface area contributed by atoms with Gasteiger partial charge in [0.2, 0.25) is 5.78 Å². The van der Waals surface area contributed by atoms with Gasteiger partial charge in [0.05, 0.1) is 5.70 Å². The fourth-order valence-corrected chi connectivity index (χ4v) is 3.00. The Kier molecular flexibility index (Phi) is 4.04. The molecule has 0 saturated heterocycles. The molecule has 3 rings (SSSR count). The first-order valence-corrected chi connectivity index (χ1v) is 7.66. The van der Waals surface area contributed by atoms with Crippen molar-refractivity contribution in [2.45, 2.75) is 6.42 Å². The summed E-state index contributed by atoms with van der Waals surface area (Å²) in [5, 5.41) is 9.21. The highest BCUT2D eigenvalue weighted by atomic mass is 79.9. The largest absolute Gasteiger partial charge is 0.464 e. The van der Waals surface area contributed by atoms with Crippen molar-refractivity contribution in [3.63, 3.8) is 0 Å². The molecule has 1 aliphatic rings. The highest BCUT2D eigenvalue weighted by Crippen LogP contribution is 2.29. The number of allylic oxidation sites excluding steroid dienone is 1. The van der Waals surface area contributed by atoms with Gasteiger partial charge in [-0.3, -0.25) is 4.79 Å². The van der Waals surface area contributed by atoms with Crippen molar-refractivity contribution in [3.8, 4) is 0 Å². The van der Waals surface area contributed by atoms with Gasteiger partial charge in [0.1, 0.15) is 11.6 Å². The summed E-state index contributed by atoms with van der Waals surface area (Å²) in [5.74, 6) is -0.468. The second-order valence-electron chi connectivity index (χ2n) is 5.00. The van der Waals surface area contributed by atoms with Crippen LogP contribution in [-0.2, 0) is 0 Å². The van der Waals surface area contributed by atoms with Gasteiger partial charge in [-0.2, -0.15) is 0 Å². The molecular formula is C16H12BrFN2O3. The summed E-state index contributed by atoms with van der Waals surface area (Å²) in [4.78, 5) is 25.6. The number of ketones is 1. The first kappa shape index (κ1) is 15.5. The van der Waals surface area contributed by atoms with Crippen LogP contribution in [0.3, 0.4) is 0 Å². The van der Waals surface area contributed by atoms with Crippen molar-refractivity contribution >= 4 is 33.6 Å². The summed E-state index contributed by atoms with van der Waals surface area (Å²) in [7, 11) is 0. The monoisotopic (exact) mass is 378 g/mol. The van der Waals surface area contributed by atoms with Crippen molar-refractivity contribution < 1.29 is 19.1 Å². The Balaban J connectivity index is 1.99. The average molecular weight is 379 g/mol. The Hall–Kier alpha value is -2.41. The molecule has 0 fully saturated rings. The predicted octanol–water partition coefficient (Wildman–Crippen LogP) is 3.89. The zero-order valence-corrected chi connectivity index (χ0v) is 13.5. The SMILES string of the molecule is O=C(C1=CCCN1c1cccn1C(=O)O)c1cc(F)ccc1Br. The highest BCUT2D eigenvalue weighted by molar-refractivity contribution is 9.10. The lowest BCUT2D eigenvalue weighted by molar-refractivity contribution is 0.103. The number of hydrogen-bond acceptors (Lipinski definition) is 3. The second-order valence-corrected chi connectivity index (χ2v) is 5.86. The molecule has 118 valence electrons. The van der Waals surface area contributed by atoms with E-state index < -0.39 is 11.9 Å². The number of rotatable bonds is 3. The number of carbonyl (C=O) groups is 2. The lowest BCUT2D eigenvalue weighted by Gasteiger charge is -2.22. The first-order valence-electron chi connectivity index (χ1n) is 6.87. The molecule has 0 atom stereocenters. The van der Waals surface area contributed by atoms with Gasteiger partial charge in [-0.1, -0.05) is 22.0 Å². The van der Waals surface area contributed by atoms with Gasteiger partial charge in [-0.25, -0.2) is 13.8 Å². The molecule has 2 heterocycles. The van der Waals surface area contributed by atoms with Gasteiger partial charge in [0.25, 0.3) is 0 Å². The lowest BCUT2D eigenvalue weighted by atomic mass is 10.1. The minimum atomic E-state index is -1.13. The number of benzene rings is 1. The molecule has 1 N–H and O–H groups in total. The zero-order chi connectivity index (χ0) is 16.6. The smallest absolute Gasteiger partial charge is 0.417 e. The van der Waals surface area contributed by atoms with Gasteiger partial charge in [-0.05, 0) is 36.8 Å². The van der Waals surface area contributed by atoms with E-state index in [1.54, 1.807) is 23.1 Å². The van der Waals surface area contributed by atoms with Crippen molar-refractivity contribution in [2.24, 2.45) is 0 Å². The molecule has 0 spiro atoms. The highest BCUT2D eigenvalue weighted by Gasteiger charge is 2.28. The van der Waals surface area contributed by atoms with Crippen molar-refractivity contribution in [2.75, 3.05) is 11.4 Å². The average Bonchev–Trinajstić information content (AvgIpc) is 3.16. The van der Waals surface area contributed by atoms with Crippen molar-refractivity contribution in [1.29, 1.82) is 0 Å². The molecule has 0 unspecified atom stereocenters.